The van der Waals surface area contributed by atoms with Crippen LogP contribution in [-0.2, 0) is 6.61 Å². The molecule has 2 aromatic carbocycles. The summed E-state index contributed by atoms with van der Waals surface area (Å²) in [7, 11) is 0. The van der Waals surface area contributed by atoms with Crippen molar-refractivity contribution in [3.05, 3.63) is 58.6 Å². The van der Waals surface area contributed by atoms with E-state index in [1.807, 2.05) is 31.2 Å². The van der Waals surface area contributed by atoms with Crippen LogP contribution in [0.1, 0.15) is 22.8 Å². The lowest BCUT2D eigenvalue weighted by atomic mass is 10.2. The molecule has 0 spiro atoms. The van der Waals surface area contributed by atoms with Crippen molar-refractivity contribution in [2.45, 2.75) is 13.5 Å². The number of hydrogen-bond donors (Lipinski definition) is 1. The molecule has 0 amide bonds. The first-order valence-electron chi connectivity index (χ1n) is 6.48. The maximum atomic E-state index is 10.8. The summed E-state index contributed by atoms with van der Waals surface area (Å²) in [4.78, 5) is 10.8. The highest BCUT2D eigenvalue weighted by atomic mass is 35.5. The molecule has 0 radical (unpaired) electrons. The van der Waals surface area contributed by atoms with Crippen molar-refractivity contribution in [2.75, 3.05) is 6.61 Å². The van der Waals surface area contributed by atoms with Gasteiger partial charge in [0.1, 0.15) is 18.1 Å². The Morgan fingerprint density at radius 3 is 2.57 bits per heavy atom. The predicted octanol–water partition coefficient (Wildman–Crippen LogP) is 4.02. The fourth-order valence-corrected chi connectivity index (χ4v) is 2.06. The van der Waals surface area contributed by atoms with Crippen LogP contribution in [0.3, 0.4) is 0 Å². The van der Waals surface area contributed by atoms with Gasteiger partial charge in [-0.05, 0) is 31.2 Å². The third kappa shape index (κ3) is 3.89. The van der Waals surface area contributed by atoms with Gasteiger partial charge in [-0.1, -0.05) is 29.8 Å². The first kappa shape index (κ1) is 15.2. The van der Waals surface area contributed by atoms with Crippen LogP contribution in [-0.4, -0.2) is 17.7 Å². The van der Waals surface area contributed by atoms with Gasteiger partial charge in [0.2, 0.25) is 0 Å². The van der Waals surface area contributed by atoms with Crippen LogP contribution in [0.5, 0.6) is 11.5 Å². The SMILES string of the molecule is CCOc1ccccc1COc1ccc(C(=O)O)cc1Cl. The molecule has 0 bridgehead atoms. The van der Waals surface area contributed by atoms with Crippen molar-refractivity contribution in [3.8, 4) is 11.5 Å². The smallest absolute Gasteiger partial charge is 0.335 e. The molecule has 0 heterocycles. The van der Waals surface area contributed by atoms with Crippen molar-refractivity contribution in [1.29, 1.82) is 0 Å². The Hall–Kier alpha value is -2.20. The van der Waals surface area contributed by atoms with E-state index in [4.69, 9.17) is 26.2 Å². The maximum absolute atomic E-state index is 10.8. The molecule has 5 heteroatoms. The zero-order valence-electron chi connectivity index (χ0n) is 11.5. The molecule has 2 rings (SSSR count). The van der Waals surface area contributed by atoms with E-state index in [0.29, 0.717) is 19.0 Å². The van der Waals surface area contributed by atoms with Crippen LogP contribution in [0.15, 0.2) is 42.5 Å². The van der Waals surface area contributed by atoms with E-state index >= 15 is 0 Å². The quantitative estimate of drug-likeness (QED) is 0.876. The Bertz CT molecular complexity index is 640. The number of para-hydroxylation sites is 1. The van der Waals surface area contributed by atoms with Crippen molar-refractivity contribution >= 4 is 17.6 Å². The van der Waals surface area contributed by atoms with Crippen molar-refractivity contribution in [3.63, 3.8) is 0 Å². The van der Waals surface area contributed by atoms with Gasteiger partial charge in [0, 0.05) is 5.56 Å². The molecule has 0 saturated heterocycles. The number of benzene rings is 2. The van der Waals surface area contributed by atoms with Gasteiger partial charge in [0.25, 0.3) is 0 Å². The topological polar surface area (TPSA) is 55.8 Å². The summed E-state index contributed by atoms with van der Waals surface area (Å²) < 4.78 is 11.2. The van der Waals surface area contributed by atoms with Crippen molar-refractivity contribution < 1.29 is 19.4 Å². The fourth-order valence-electron chi connectivity index (χ4n) is 1.83. The summed E-state index contributed by atoms with van der Waals surface area (Å²) >= 11 is 6.02. The van der Waals surface area contributed by atoms with E-state index in [2.05, 4.69) is 0 Å². The predicted molar refractivity (Wildman–Crippen MR) is 80.4 cm³/mol. The van der Waals surface area contributed by atoms with Crippen molar-refractivity contribution in [2.24, 2.45) is 0 Å². The number of aromatic carboxylic acids is 1. The standard InChI is InChI=1S/C16H15ClO4/c1-2-20-14-6-4-3-5-12(14)10-21-15-8-7-11(16(18)19)9-13(15)17/h3-9H,2,10H2,1H3,(H,18,19). The van der Waals surface area contributed by atoms with Crippen LogP contribution in [0.4, 0.5) is 0 Å². The zero-order valence-corrected chi connectivity index (χ0v) is 12.3. The number of hydrogen-bond acceptors (Lipinski definition) is 3. The van der Waals surface area contributed by atoms with Crippen LogP contribution >= 0.6 is 11.6 Å². The average molecular weight is 307 g/mol. The largest absolute Gasteiger partial charge is 0.493 e. The molecule has 0 aliphatic carbocycles. The van der Waals surface area contributed by atoms with E-state index in [9.17, 15) is 4.79 Å². The van der Waals surface area contributed by atoms with Gasteiger partial charge in [-0.3, -0.25) is 0 Å². The minimum absolute atomic E-state index is 0.127. The monoisotopic (exact) mass is 306 g/mol. The van der Waals surface area contributed by atoms with E-state index in [-0.39, 0.29) is 10.6 Å². The Balaban J connectivity index is 2.11. The maximum Gasteiger partial charge on any atom is 0.335 e. The lowest BCUT2D eigenvalue weighted by molar-refractivity contribution is 0.0697. The van der Waals surface area contributed by atoms with E-state index < -0.39 is 5.97 Å². The molecule has 0 aliphatic rings. The summed E-state index contributed by atoms with van der Waals surface area (Å²) in [6.07, 6.45) is 0. The first-order chi connectivity index (χ1) is 10.1. The second kappa shape index (κ2) is 6.99. The summed E-state index contributed by atoms with van der Waals surface area (Å²) in [5, 5.41) is 9.15. The average Bonchev–Trinajstić information content (AvgIpc) is 2.47. The molecule has 0 atom stereocenters. The van der Waals surface area contributed by atoms with Crippen LogP contribution in [0.2, 0.25) is 5.02 Å². The van der Waals surface area contributed by atoms with Gasteiger partial charge in [-0.25, -0.2) is 4.79 Å². The summed E-state index contributed by atoms with van der Waals surface area (Å²) in [6, 6.07) is 11.9. The molecule has 21 heavy (non-hydrogen) atoms. The van der Waals surface area contributed by atoms with Crippen LogP contribution in [0, 0.1) is 0 Å². The van der Waals surface area contributed by atoms with E-state index in [1.54, 1.807) is 6.07 Å². The molecule has 0 aromatic heterocycles. The molecular weight excluding hydrogens is 292 g/mol. The molecule has 4 nitrogen and oxygen atoms in total. The molecule has 1 N–H and O–H groups in total. The Morgan fingerprint density at radius 1 is 1.14 bits per heavy atom. The molecule has 0 fully saturated rings. The number of carbonyl (C=O) groups is 1. The lowest BCUT2D eigenvalue weighted by Gasteiger charge is -2.12. The minimum Gasteiger partial charge on any atom is -0.493 e. The second-order valence-corrected chi connectivity index (χ2v) is 4.69. The van der Waals surface area contributed by atoms with Gasteiger partial charge < -0.3 is 14.6 Å². The first-order valence-corrected chi connectivity index (χ1v) is 6.86. The third-order valence-corrected chi connectivity index (χ3v) is 3.13. The summed E-state index contributed by atoms with van der Waals surface area (Å²) in [5.74, 6) is 0.177. The lowest BCUT2D eigenvalue weighted by Crippen LogP contribution is -2.02. The molecule has 0 saturated carbocycles. The van der Waals surface area contributed by atoms with Gasteiger partial charge in [-0.15, -0.1) is 0 Å². The number of carboxylic acids is 1. The zero-order chi connectivity index (χ0) is 15.2. The highest BCUT2D eigenvalue weighted by Gasteiger charge is 2.09. The Kier molecular flexibility index (Phi) is 5.06. The summed E-state index contributed by atoms with van der Waals surface area (Å²) in [5.41, 5.74) is 1.03. The second-order valence-electron chi connectivity index (χ2n) is 4.28. The van der Waals surface area contributed by atoms with E-state index in [0.717, 1.165) is 11.3 Å². The number of rotatable bonds is 6. The highest BCUT2D eigenvalue weighted by molar-refractivity contribution is 6.32. The molecule has 2 aromatic rings. The molecular formula is C16H15ClO4. The Labute approximate surface area is 127 Å². The highest BCUT2D eigenvalue weighted by Crippen LogP contribution is 2.27. The number of carboxylic acid groups (broad SMARTS) is 1. The van der Waals surface area contributed by atoms with Gasteiger partial charge in [0.05, 0.1) is 17.2 Å². The fraction of sp³-hybridized carbons (Fsp3) is 0.188. The molecule has 0 unspecified atom stereocenters. The normalized spacial score (nSPS) is 10.2. The van der Waals surface area contributed by atoms with Crippen molar-refractivity contribution in [1.82, 2.24) is 0 Å². The number of halogens is 1. The number of ether oxygens (including phenoxy) is 2. The van der Waals surface area contributed by atoms with Gasteiger partial charge >= 0.3 is 5.97 Å². The van der Waals surface area contributed by atoms with E-state index in [1.165, 1.54) is 12.1 Å². The molecule has 110 valence electrons. The summed E-state index contributed by atoms with van der Waals surface area (Å²) in [6.45, 7) is 2.78. The Morgan fingerprint density at radius 2 is 1.90 bits per heavy atom. The third-order valence-electron chi connectivity index (χ3n) is 2.83. The molecule has 0 aliphatic heterocycles. The van der Waals surface area contributed by atoms with Crippen LogP contribution in [0.25, 0.3) is 0 Å². The van der Waals surface area contributed by atoms with Gasteiger partial charge in [-0.2, -0.15) is 0 Å². The van der Waals surface area contributed by atoms with Crippen LogP contribution < -0.4 is 9.47 Å². The van der Waals surface area contributed by atoms with Gasteiger partial charge in [0.15, 0.2) is 0 Å². The minimum atomic E-state index is -1.02.